The highest BCUT2D eigenvalue weighted by atomic mass is 79.9. The molecule has 1 rings (SSSR count). The molecule has 0 aliphatic carbocycles. The lowest BCUT2D eigenvalue weighted by Gasteiger charge is -2.20. The predicted octanol–water partition coefficient (Wildman–Crippen LogP) is 2.24. The molecule has 14 heavy (non-hydrogen) atoms. The first-order valence-electron chi connectivity index (χ1n) is 4.53. The van der Waals surface area contributed by atoms with E-state index in [2.05, 4.69) is 20.9 Å². The maximum absolute atomic E-state index is 9.09. The third-order valence-electron chi connectivity index (χ3n) is 1.93. The second-order valence-corrected chi connectivity index (χ2v) is 4.13. The lowest BCUT2D eigenvalue weighted by molar-refractivity contribution is 0.0791. The molecule has 0 bridgehead atoms. The van der Waals surface area contributed by atoms with Gasteiger partial charge in [-0.1, -0.05) is 13.8 Å². The van der Waals surface area contributed by atoms with Gasteiger partial charge in [0, 0.05) is 6.20 Å². The number of nitrogens with zero attached hydrogens (tertiary/aromatic N) is 1. The van der Waals surface area contributed by atoms with E-state index < -0.39 is 0 Å². The second-order valence-electron chi connectivity index (χ2n) is 3.38. The molecule has 0 spiro atoms. The van der Waals surface area contributed by atoms with Gasteiger partial charge in [0.2, 0.25) is 0 Å². The predicted molar refractivity (Wildman–Crippen MR) is 58.3 cm³/mol. The zero-order chi connectivity index (χ0) is 10.6. The van der Waals surface area contributed by atoms with Crippen molar-refractivity contribution in [2.75, 3.05) is 6.61 Å². The summed E-state index contributed by atoms with van der Waals surface area (Å²) in [5.41, 5.74) is 0. The van der Waals surface area contributed by atoms with Gasteiger partial charge < -0.3 is 9.84 Å². The van der Waals surface area contributed by atoms with Crippen LogP contribution in [0.4, 0.5) is 0 Å². The molecule has 1 heterocycles. The number of pyridine rings is 1. The van der Waals surface area contributed by atoms with Gasteiger partial charge in [-0.3, -0.25) is 0 Å². The SMILES string of the molecule is CC(C)[C@H](CO)Oc1cccnc1Br. The lowest BCUT2D eigenvalue weighted by Crippen LogP contribution is -2.27. The van der Waals surface area contributed by atoms with Gasteiger partial charge >= 0.3 is 0 Å². The second kappa shape index (κ2) is 5.32. The largest absolute Gasteiger partial charge is 0.485 e. The van der Waals surface area contributed by atoms with Crippen molar-refractivity contribution in [2.45, 2.75) is 20.0 Å². The summed E-state index contributed by atoms with van der Waals surface area (Å²) in [5, 5.41) is 9.09. The third kappa shape index (κ3) is 2.96. The Hall–Kier alpha value is -0.610. The van der Waals surface area contributed by atoms with Gasteiger partial charge in [0.25, 0.3) is 0 Å². The van der Waals surface area contributed by atoms with Crippen molar-refractivity contribution in [3.63, 3.8) is 0 Å². The van der Waals surface area contributed by atoms with E-state index in [-0.39, 0.29) is 18.6 Å². The van der Waals surface area contributed by atoms with Crippen molar-refractivity contribution < 1.29 is 9.84 Å². The Morgan fingerprint density at radius 1 is 1.57 bits per heavy atom. The Morgan fingerprint density at radius 3 is 2.79 bits per heavy atom. The summed E-state index contributed by atoms with van der Waals surface area (Å²) in [6, 6.07) is 3.62. The maximum atomic E-state index is 9.09. The van der Waals surface area contributed by atoms with Crippen molar-refractivity contribution in [1.29, 1.82) is 0 Å². The van der Waals surface area contributed by atoms with Crippen molar-refractivity contribution >= 4 is 15.9 Å². The van der Waals surface area contributed by atoms with Crippen LogP contribution in [-0.4, -0.2) is 22.8 Å². The summed E-state index contributed by atoms with van der Waals surface area (Å²) < 4.78 is 6.26. The Morgan fingerprint density at radius 2 is 2.29 bits per heavy atom. The summed E-state index contributed by atoms with van der Waals surface area (Å²) in [4.78, 5) is 4.04. The van der Waals surface area contributed by atoms with Crippen LogP contribution in [0, 0.1) is 5.92 Å². The molecular formula is C10H14BrNO2. The van der Waals surface area contributed by atoms with Gasteiger partial charge in [-0.2, -0.15) is 0 Å². The lowest BCUT2D eigenvalue weighted by atomic mass is 10.1. The molecule has 0 aliphatic rings. The smallest absolute Gasteiger partial charge is 0.152 e. The summed E-state index contributed by atoms with van der Waals surface area (Å²) in [5.74, 6) is 0.937. The third-order valence-corrected chi connectivity index (χ3v) is 2.52. The number of ether oxygens (including phenoxy) is 1. The molecule has 0 aromatic carbocycles. The zero-order valence-electron chi connectivity index (χ0n) is 8.27. The molecule has 1 N–H and O–H groups in total. The monoisotopic (exact) mass is 259 g/mol. The van der Waals surface area contributed by atoms with E-state index >= 15 is 0 Å². The first-order chi connectivity index (χ1) is 6.65. The van der Waals surface area contributed by atoms with Crippen molar-refractivity contribution in [2.24, 2.45) is 5.92 Å². The standard InChI is InChI=1S/C10H14BrNO2/c1-7(2)9(6-13)14-8-4-3-5-12-10(8)11/h3-5,7,9,13H,6H2,1-2H3/t9-/m0/s1. The first-order valence-corrected chi connectivity index (χ1v) is 5.32. The summed E-state index contributed by atoms with van der Waals surface area (Å²) in [6.45, 7) is 4.02. The molecule has 0 unspecified atom stereocenters. The number of aliphatic hydroxyl groups is 1. The van der Waals surface area contributed by atoms with E-state index in [0.717, 1.165) is 0 Å². The van der Waals surface area contributed by atoms with E-state index in [1.807, 2.05) is 19.9 Å². The van der Waals surface area contributed by atoms with Crippen LogP contribution in [0.1, 0.15) is 13.8 Å². The van der Waals surface area contributed by atoms with Crippen LogP contribution >= 0.6 is 15.9 Å². The Bertz CT molecular complexity index is 291. The fraction of sp³-hybridized carbons (Fsp3) is 0.500. The quantitative estimate of drug-likeness (QED) is 0.844. The van der Waals surface area contributed by atoms with Gasteiger partial charge in [-0.15, -0.1) is 0 Å². The highest BCUT2D eigenvalue weighted by molar-refractivity contribution is 9.10. The highest BCUT2D eigenvalue weighted by Gasteiger charge is 2.15. The van der Waals surface area contributed by atoms with Crippen molar-refractivity contribution in [3.8, 4) is 5.75 Å². The van der Waals surface area contributed by atoms with Gasteiger partial charge in [-0.05, 0) is 34.0 Å². The molecule has 0 radical (unpaired) electrons. The average molecular weight is 260 g/mol. The topological polar surface area (TPSA) is 42.4 Å². The van der Waals surface area contributed by atoms with E-state index in [4.69, 9.17) is 9.84 Å². The van der Waals surface area contributed by atoms with Gasteiger partial charge in [0.15, 0.2) is 5.75 Å². The molecule has 1 aromatic rings. The molecule has 0 saturated carbocycles. The fourth-order valence-corrected chi connectivity index (χ4v) is 1.35. The van der Waals surface area contributed by atoms with Crippen LogP contribution in [0.2, 0.25) is 0 Å². The van der Waals surface area contributed by atoms with Crippen molar-refractivity contribution in [1.82, 2.24) is 4.98 Å². The summed E-state index contributed by atoms with van der Waals surface area (Å²) >= 11 is 3.29. The number of hydrogen-bond donors (Lipinski definition) is 1. The van der Waals surface area contributed by atoms with Gasteiger partial charge in [0.1, 0.15) is 10.7 Å². The maximum Gasteiger partial charge on any atom is 0.152 e. The van der Waals surface area contributed by atoms with Crippen LogP contribution in [0.25, 0.3) is 0 Å². The van der Waals surface area contributed by atoms with Crippen LogP contribution in [0.15, 0.2) is 22.9 Å². The fourth-order valence-electron chi connectivity index (χ4n) is 1.01. The Balaban J connectivity index is 2.72. The minimum absolute atomic E-state index is 0.0129. The molecule has 78 valence electrons. The number of halogens is 1. The normalized spacial score (nSPS) is 12.9. The van der Waals surface area contributed by atoms with Gasteiger partial charge in [-0.25, -0.2) is 4.98 Å². The Kier molecular flexibility index (Phi) is 4.35. The van der Waals surface area contributed by atoms with Crippen LogP contribution < -0.4 is 4.74 Å². The molecule has 0 amide bonds. The van der Waals surface area contributed by atoms with Crippen molar-refractivity contribution in [3.05, 3.63) is 22.9 Å². The van der Waals surface area contributed by atoms with Crippen LogP contribution in [0.5, 0.6) is 5.75 Å². The van der Waals surface area contributed by atoms with E-state index in [1.54, 1.807) is 12.3 Å². The molecule has 4 heteroatoms. The Labute approximate surface area is 92.3 Å². The van der Waals surface area contributed by atoms with Gasteiger partial charge in [0.05, 0.1) is 6.61 Å². The van der Waals surface area contributed by atoms with Crippen LogP contribution in [-0.2, 0) is 0 Å². The summed E-state index contributed by atoms with van der Waals surface area (Å²) in [7, 11) is 0. The minimum atomic E-state index is -0.185. The van der Waals surface area contributed by atoms with E-state index in [1.165, 1.54) is 0 Å². The molecule has 3 nitrogen and oxygen atoms in total. The highest BCUT2D eigenvalue weighted by Crippen LogP contribution is 2.23. The molecule has 1 aromatic heterocycles. The molecule has 0 fully saturated rings. The average Bonchev–Trinajstić information content (AvgIpc) is 2.16. The van der Waals surface area contributed by atoms with E-state index in [0.29, 0.717) is 10.4 Å². The zero-order valence-corrected chi connectivity index (χ0v) is 9.86. The minimum Gasteiger partial charge on any atom is -0.485 e. The molecular weight excluding hydrogens is 246 g/mol. The number of aliphatic hydroxyl groups excluding tert-OH is 1. The first kappa shape index (κ1) is 11.5. The van der Waals surface area contributed by atoms with E-state index in [9.17, 15) is 0 Å². The molecule has 0 aliphatic heterocycles. The molecule has 1 atom stereocenters. The van der Waals surface area contributed by atoms with Crippen LogP contribution in [0.3, 0.4) is 0 Å². The number of hydrogen-bond acceptors (Lipinski definition) is 3. The molecule has 0 saturated heterocycles. The number of aromatic nitrogens is 1. The summed E-state index contributed by atoms with van der Waals surface area (Å²) in [6.07, 6.45) is 1.50. The number of rotatable bonds is 4.